The fraction of sp³-hybridized carbons (Fsp3) is 0.400. The van der Waals surface area contributed by atoms with E-state index >= 15 is 0 Å². The van der Waals surface area contributed by atoms with Gasteiger partial charge >= 0.3 is 0 Å². The molecule has 1 aromatic rings. The van der Waals surface area contributed by atoms with Gasteiger partial charge in [-0.3, -0.25) is 4.79 Å². The molecule has 0 amide bonds. The maximum Gasteiger partial charge on any atom is 0.155 e. The molecule has 0 fully saturated rings. The molecule has 0 aliphatic carbocycles. The van der Waals surface area contributed by atoms with E-state index in [0.717, 1.165) is 18.4 Å². The first-order valence-corrected chi connectivity index (χ1v) is 5.99. The van der Waals surface area contributed by atoms with Gasteiger partial charge in [-0.05, 0) is 42.5 Å². The minimum absolute atomic E-state index is 0.0467. The third-order valence-corrected chi connectivity index (χ3v) is 2.97. The Balaban J connectivity index is 2.92. The number of hydrogen-bond donors (Lipinski definition) is 0. The van der Waals surface area contributed by atoms with E-state index in [-0.39, 0.29) is 17.5 Å². The van der Waals surface area contributed by atoms with Crippen molar-refractivity contribution in [1.82, 2.24) is 0 Å². The topological polar surface area (TPSA) is 17.1 Å². The lowest BCUT2D eigenvalue weighted by atomic mass is 9.89. The van der Waals surface area contributed by atoms with Crippen molar-refractivity contribution in [1.29, 1.82) is 0 Å². The van der Waals surface area contributed by atoms with Crippen LogP contribution in [0.15, 0.2) is 30.9 Å². The minimum Gasteiger partial charge on any atom is -0.295 e. The Morgan fingerprint density at radius 3 is 2.76 bits per heavy atom. The molecule has 92 valence electrons. The first kappa shape index (κ1) is 13.6. The lowest BCUT2D eigenvalue weighted by molar-refractivity contribution is -0.115. The van der Waals surface area contributed by atoms with Gasteiger partial charge in [0.2, 0.25) is 0 Å². The van der Waals surface area contributed by atoms with Crippen molar-refractivity contribution in [2.24, 2.45) is 0 Å². The Morgan fingerprint density at radius 1 is 1.53 bits per heavy atom. The number of ketones is 1. The van der Waals surface area contributed by atoms with E-state index < -0.39 is 0 Å². The maximum absolute atomic E-state index is 13.2. The number of allylic oxidation sites excluding steroid dienone is 1. The molecule has 0 aliphatic rings. The van der Waals surface area contributed by atoms with Crippen LogP contribution in [-0.4, -0.2) is 5.78 Å². The van der Waals surface area contributed by atoms with E-state index in [1.54, 1.807) is 13.0 Å². The van der Waals surface area contributed by atoms with Gasteiger partial charge in [-0.1, -0.05) is 32.1 Å². The zero-order chi connectivity index (χ0) is 12.8. The molecule has 1 nitrogen and oxygen atoms in total. The summed E-state index contributed by atoms with van der Waals surface area (Å²) in [5, 5.41) is 0. The molecule has 2 heteroatoms. The number of carbonyl (C=O) groups excluding carboxylic acids is 1. The lowest BCUT2D eigenvalue weighted by Gasteiger charge is -2.15. The van der Waals surface area contributed by atoms with Crippen molar-refractivity contribution in [3.8, 4) is 0 Å². The minimum atomic E-state index is -0.195. The van der Waals surface area contributed by atoms with Crippen LogP contribution in [0.2, 0.25) is 0 Å². The summed E-state index contributed by atoms with van der Waals surface area (Å²) in [5.74, 6) is 0.0225. The van der Waals surface area contributed by atoms with Crippen molar-refractivity contribution in [2.45, 2.75) is 39.0 Å². The second-order valence-corrected chi connectivity index (χ2v) is 4.37. The third kappa shape index (κ3) is 3.81. The molecule has 0 spiro atoms. The molecule has 0 bridgehead atoms. The molecule has 0 radical (unpaired) electrons. The molecule has 1 unspecified atom stereocenters. The molecular formula is C15H19FO. The predicted octanol–water partition coefficient (Wildman–Crippen LogP) is 4.16. The van der Waals surface area contributed by atoms with Crippen molar-refractivity contribution in [3.63, 3.8) is 0 Å². The van der Waals surface area contributed by atoms with Crippen LogP contribution in [0.25, 0.3) is 0 Å². The fourth-order valence-corrected chi connectivity index (χ4v) is 1.98. The fourth-order valence-electron chi connectivity index (χ4n) is 1.98. The Bertz CT molecular complexity index is 409. The maximum atomic E-state index is 13.2. The van der Waals surface area contributed by atoms with Gasteiger partial charge in [-0.15, -0.1) is 0 Å². The lowest BCUT2D eigenvalue weighted by Crippen LogP contribution is -2.05. The van der Waals surface area contributed by atoms with Crippen LogP contribution in [0.5, 0.6) is 0 Å². The number of carbonyl (C=O) groups is 1. The van der Waals surface area contributed by atoms with Crippen LogP contribution in [0.4, 0.5) is 4.39 Å². The molecular weight excluding hydrogens is 215 g/mol. The molecule has 0 heterocycles. The highest BCUT2D eigenvalue weighted by molar-refractivity contribution is 5.89. The number of aryl methyl sites for hydroxylation is 1. The van der Waals surface area contributed by atoms with E-state index in [9.17, 15) is 9.18 Å². The second kappa shape index (κ2) is 6.33. The van der Waals surface area contributed by atoms with Gasteiger partial charge in [0, 0.05) is 6.42 Å². The third-order valence-electron chi connectivity index (χ3n) is 2.97. The summed E-state index contributed by atoms with van der Waals surface area (Å²) in [6, 6.07) is 5.09. The van der Waals surface area contributed by atoms with Crippen LogP contribution >= 0.6 is 0 Å². The largest absolute Gasteiger partial charge is 0.295 e. The number of hydrogen-bond acceptors (Lipinski definition) is 1. The van der Waals surface area contributed by atoms with Gasteiger partial charge < -0.3 is 0 Å². The van der Waals surface area contributed by atoms with Gasteiger partial charge in [0.15, 0.2) is 5.78 Å². The normalized spacial score (nSPS) is 12.2. The molecule has 17 heavy (non-hydrogen) atoms. The quantitative estimate of drug-likeness (QED) is 0.675. The monoisotopic (exact) mass is 234 g/mol. The van der Waals surface area contributed by atoms with E-state index in [4.69, 9.17) is 0 Å². The van der Waals surface area contributed by atoms with Crippen LogP contribution < -0.4 is 0 Å². The standard InChI is InChI=1S/C15H19FO/c1-4-6-12(10-14(17)5-2)13-7-8-15(16)11(3)9-13/h5,7-9,12H,2,4,6,10H2,1,3H3. The zero-order valence-corrected chi connectivity index (χ0v) is 10.5. The first-order chi connectivity index (χ1) is 8.08. The summed E-state index contributed by atoms with van der Waals surface area (Å²) in [4.78, 5) is 11.4. The molecule has 1 aromatic carbocycles. The molecule has 0 aromatic heterocycles. The van der Waals surface area contributed by atoms with Gasteiger partial charge in [0.25, 0.3) is 0 Å². The summed E-state index contributed by atoms with van der Waals surface area (Å²) in [6.07, 6.45) is 3.76. The van der Waals surface area contributed by atoms with Crippen LogP contribution in [0, 0.1) is 12.7 Å². The van der Waals surface area contributed by atoms with Crippen molar-refractivity contribution < 1.29 is 9.18 Å². The smallest absolute Gasteiger partial charge is 0.155 e. The molecule has 0 saturated heterocycles. The van der Waals surface area contributed by atoms with Crippen LogP contribution in [0.1, 0.15) is 43.2 Å². The van der Waals surface area contributed by atoms with Crippen molar-refractivity contribution >= 4 is 5.78 Å². The van der Waals surface area contributed by atoms with Crippen LogP contribution in [0.3, 0.4) is 0 Å². The average molecular weight is 234 g/mol. The Kier molecular flexibility index (Phi) is 5.08. The SMILES string of the molecule is C=CC(=O)CC(CCC)c1ccc(F)c(C)c1. The van der Waals surface area contributed by atoms with Crippen molar-refractivity contribution in [2.75, 3.05) is 0 Å². The Morgan fingerprint density at radius 2 is 2.24 bits per heavy atom. The molecule has 0 aliphatic heterocycles. The van der Waals surface area contributed by atoms with Crippen molar-refractivity contribution in [3.05, 3.63) is 47.8 Å². The summed E-state index contributed by atoms with van der Waals surface area (Å²) in [7, 11) is 0. The summed E-state index contributed by atoms with van der Waals surface area (Å²) < 4.78 is 13.2. The first-order valence-electron chi connectivity index (χ1n) is 5.99. The Hall–Kier alpha value is -1.44. The Labute approximate surface area is 102 Å². The van der Waals surface area contributed by atoms with E-state index in [1.807, 2.05) is 6.07 Å². The predicted molar refractivity (Wildman–Crippen MR) is 68.6 cm³/mol. The van der Waals surface area contributed by atoms with E-state index in [2.05, 4.69) is 13.5 Å². The van der Waals surface area contributed by atoms with E-state index in [1.165, 1.54) is 12.1 Å². The highest BCUT2D eigenvalue weighted by atomic mass is 19.1. The van der Waals surface area contributed by atoms with Gasteiger partial charge in [0.05, 0.1) is 0 Å². The molecule has 0 saturated carbocycles. The molecule has 0 N–H and O–H groups in total. The summed E-state index contributed by atoms with van der Waals surface area (Å²) >= 11 is 0. The number of halogens is 1. The average Bonchev–Trinajstić information content (AvgIpc) is 2.32. The number of benzene rings is 1. The summed E-state index contributed by atoms with van der Waals surface area (Å²) in [5.41, 5.74) is 1.68. The molecule has 1 rings (SSSR count). The highest BCUT2D eigenvalue weighted by Crippen LogP contribution is 2.26. The van der Waals surface area contributed by atoms with Gasteiger partial charge in [-0.2, -0.15) is 0 Å². The number of rotatable bonds is 6. The zero-order valence-electron chi connectivity index (χ0n) is 10.5. The van der Waals surface area contributed by atoms with Crippen LogP contribution in [-0.2, 0) is 4.79 Å². The van der Waals surface area contributed by atoms with Gasteiger partial charge in [-0.25, -0.2) is 4.39 Å². The summed E-state index contributed by atoms with van der Waals surface area (Å²) in [6.45, 7) is 7.32. The molecule has 1 atom stereocenters. The second-order valence-electron chi connectivity index (χ2n) is 4.37. The highest BCUT2D eigenvalue weighted by Gasteiger charge is 2.14. The van der Waals surface area contributed by atoms with E-state index in [0.29, 0.717) is 12.0 Å². The van der Waals surface area contributed by atoms with Gasteiger partial charge in [0.1, 0.15) is 5.82 Å².